The summed E-state index contributed by atoms with van der Waals surface area (Å²) in [5.74, 6) is -2.28. The topological polar surface area (TPSA) is 104 Å². The zero-order valence-corrected chi connectivity index (χ0v) is 14.7. The number of hydrogen-bond acceptors (Lipinski definition) is 5. The number of carboxylic acids is 1. The van der Waals surface area contributed by atoms with Crippen molar-refractivity contribution in [2.24, 2.45) is 0 Å². The molecule has 3 aliphatic rings. The number of rotatable bonds is 4. The number of fused-ring (bicyclic) bond motifs is 1. The van der Waals surface area contributed by atoms with Gasteiger partial charge in [0.05, 0.1) is 23.8 Å². The maximum Gasteiger partial charge on any atom is 0.326 e. The fourth-order valence-corrected chi connectivity index (χ4v) is 4.01. The Hall–Kier alpha value is -2.74. The molecule has 2 saturated heterocycles. The summed E-state index contributed by atoms with van der Waals surface area (Å²) in [5, 5.41) is 9.27. The van der Waals surface area contributed by atoms with Crippen LogP contribution >= 0.6 is 0 Å². The van der Waals surface area contributed by atoms with Gasteiger partial charge in [0.25, 0.3) is 17.7 Å². The van der Waals surface area contributed by atoms with Gasteiger partial charge in [-0.2, -0.15) is 0 Å². The van der Waals surface area contributed by atoms with Crippen molar-refractivity contribution in [1.29, 1.82) is 0 Å². The Morgan fingerprint density at radius 1 is 1.11 bits per heavy atom. The molecule has 0 aliphatic carbocycles. The first-order chi connectivity index (χ1) is 13.0. The summed E-state index contributed by atoms with van der Waals surface area (Å²) in [7, 11) is 0. The van der Waals surface area contributed by atoms with Gasteiger partial charge in [-0.1, -0.05) is 0 Å². The summed E-state index contributed by atoms with van der Waals surface area (Å²) < 4.78 is 5.51. The van der Waals surface area contributed by atoms with E-state index in [1.807, 2.05) is 0 Å². The van der Waals surface area contributed by atoms with Crippen molar-refractivity contribution in [2.75, 3.05) is 19.7 Å². The molecular weight excluding hydrogens is 352 g/mol. The van der Waals surface area contributed by atoms with Gasteiger partial charge in [-0.05, 0) is 43.9 Å². The van der Waals surface area contributed by atoms with Crippen molar-refractivity contribution >= 4 is 23.7 Å². The van der Waals surface area contributed by atoms with Crippen LogP contribution < -0.4 is 0 Å². The summed E-state index contributed by atoms with van der Waals surface area (Å²) in [5.41, 5.74) is 0.683. The normalized spacial score (nSPS) is 24.6. The Balaban J connectivity index is 1.57. The highest BCUT2D eigenvalue weighted by atomic mass is 16.5. The molecule has 27 heavy (non-hydrogen) atoms. The van der Waals surface area contributed by atoms with E-state index in [4.69, 9.17) is 4.74 Å². The van der Waals surface area contributed by atoms with E-state index >= 15 is 0 Å². The third kappa shape index (κ3) is 2.99. The number of benzene rings is 1. The number of aliphatic carboxylic acids is 1. The van der Waals surface area contributed by atoms with Crippen LogP contribution in [0.4, 0.5) is 0 Å². The van der Waals surface area contributed by atoms with Crippen LogP contribution in [-0.4, -0.2) is 70.4 Å². The minimum absolute atomic E-state index is 0.144. The van der Waals surface area contributed by atoms with Crippen molar-refractivity contribution in [1.82, 2.24) is 9.80 Å². The lowest BCUT2D eigenvalue weighted by atomic mass is 10.0. The molecule has 3 heterocycles. The summed E-state index contributed by atoms with van der Waals surface area (Å²) in [6.45, 7) is 1.21. The van der Waals surface area contributed by atoms with Gasteiger partial charge < -0.3 is 14.7 Å². The molecular formula is C19H20N2O6. The molecule has 1 aromatic carbocycles. The molecule has 0 spiro atoms. The third-order valence-electron chi connectivity index (χ3n) is 5.43. The van der Waals surface area contributed by atoms with E-state index in [-0.39, 0.29) is 35.2 Å². The molecule has 0 radical (unpaired) electrons. The zero-order valence-electron chi connectivity index (χ0n) is 14.7. The van der Waals surface area contributed by atoms with Crippen LogP contribution in [0, 0.1) is 0 Å². The van der Waals surface area contributed by atoms with Gasteiger partial charge in [0.1, 0.15) is 6.04 Å². The maximum atomic E-state index is 12.7. The van der Waals surface area contributed by atoms with Gasteiger partial charge in [-0.15, -0.1) is 0 Å². The van der Waals surface area contributed by atoms with Crippen LogP contribution in [0.5, 0.6) is 0 Å². The first-order valence-corrected chi connectivity index (χ1v) is 9.13. The highest BCUT2D eigenvalue weighted by Crippen LogP contribution is 2.27. The predicted octanol–water partition coefficient (Wildman–Crippen LogP) is 1.15. The van der Waals surface area contributed by atoms with Crippen molar-refractivity contribution in [3.8, 4) is 0 Å². The smallest absolute Gasteiger partial charge is 0.326 e. The van der Waals surface area contributed by atoms with E-state index in [0.717, 1.165) is 12.8 Å². The predicted molar refractivity (Wildman–Crippen MR) is 92.5 cm³/mol. The van der Waals surface area contributed by atoms with E-state index in [1.165, 1.54) is 28.0 Å². The molecule has 1 aromatic rings. The fourth-order valence-electron chi connectivity index (χ4n) is 4.01. The lowest BCUT2D eigenvalue weighted by Crippen LogP contribution is -2.40. The van der Waals surface area contributed by atoms with Crippen LogP contribution in [0.15, 0.2) is 18.2 Å². The number of ether oxygens (including phenoxy) is 1. The molecule has 2 unspecified atom stereocenters. The third-order valence-corrected chi connectivity index (χ3v) is 5.43. The first kappa shape index (κ1) is 17.7. The fraction of sp³-hybridized carbons (Fsp3) is 0.474. The molecule has 1 N–H and O–H groups in total. The second-order valence-electron chi connectivity index (χ2n) is 7.11. The number of nitrogens with zero attached hydrogens (tertiary/aromatic N) is 2. The van der Waals surface area contributed by atoms with Gasteiger partial charge in [0.15, 0.2) is 0 Å². The summed E-state index contributed by atoms with van der Waals surface area (Å²) in [4.78, 5) is 51.8. The number of amides is 3. The zero-order chi connectivity index (χ0) is 19.1. The average molecular weight is 372 g/mol. The Morgan fingerprint density at radius 3 is 2.59 bits per heavy atom. The number of carbonyl (C=O) groups excluding carboxylic acids is 3. The summed E-state index contributed by atoms with van der Waals surface area (Å²) in [6.07, 6.45) is 2.61. The van der Waals surface area contributed by atoms with Crippen molar-refractivity contribution < 1.29 is 29.0 Å². The Kier molecular flexibility index (Phi) is 4.43. The molecule has 0 saturated carbocycles. The molecule has 142 valence electrons. The highest BCUT2D eigenvalue weighted by molar-refractivity contribution is 6.22. The number of imide groups is 1. The first-order valence-electron chi connectivity index (χ1n) is 9.13. The summed E-state index contributed by atoms with van der Waals surface area (Å²) in [6, 6.07) is 3.52. The Morgan fingerprint density at radius 2 is 1.89 bits per heavy atom. The van der Waals surface area contributed by atoms with Crippen LogP contribution in [0.3, 0.4) is 0 Å². The van der Waals surface area contributed by atoms with E-state index in [0.29, 0.717) is 26.0 Å². The molecule has 3 amide bonds. The van der Waals surface area contributed by atoms with E-state index < -0.39 is 23.8 Å². The highest BCUT2D eigenvalue weighted by Gasteiger charge is 2.39. The number of likely N-dealkylation sites (tertiary alicyclic amines) is 1. The minimum Gasteiger partial charge on any atom is -0.480 e. The van der Waals surface area contributed by atoms with E-state index in [1.54, 1.807) is 0 Å². The van der Waals surface area contributed by atoms with Gasteiger partial charge in [0, 0.05) is 18.7 Å². The molecule has 2 fully saturated rings. The average Bonchev–Trinajstić information content (AvgIpc) is 3.39. The standard InChI is InChI=1S/C19H20N2O6/c22-16(20-7-1-4-15(20)19(25)26)11-5-6-13-14(9-11)18(24)21(17(13)23)10-12-3-2-8-27-12/h5-6,9,12,15H,1-4,7-8,10H2,(H,25,26). The van der Waals surface area contributed by atoms with Gasteiger partial charge in [-0.25, -0.2) is 4.79 Å². The second-order valence-corrected chi connectivity index (χ2v) is 7.11. The summed E-state index contributed by atoms with van der Waals surface area (Å²) >= 11 is 0. The molecule has 0 aromatic heterocycles. The van der Waals surface area contributed by atoms with Crippen LogP contribution in [0.2, 0.25) is 0 Å². The molecule has 2 atom stereocenters. The Labute approximate surface area is 155 Å². The van der Waals surface area contributed by atoms with Gasteiger partial charge in [0.2, 0.25) is 0 Å². The number of carbonyl (C=O) groups is 4. The Bertz CT molecular complexity index is 829. The van der Waals surface area contributed by atoms with Crippen molar-refractivity contribution in [3.63, 3.8) is 0 Å². The molecule has 8 heteroatoms. The molecule has 8 nitrogen and oxygen atoms in total. The molecule has 0 bridgehead atoms. The lowest BCUT2D eigenvalue weighted by molar-refractivity contribution is -0.141. The minimum atomic E-state index is -1.03. The SMILES string of the molecule is O=C(O)C1CCCN1C(=O)c1ccc2c(c1)C(=O)N(CC1CCCO1)C2=O. The number of carboxylic acid groups (broad SMARTS) is 1. The van der Waals surface area contributed by atoms with E-state index in [2.05, 4.69) is 0 Å². The maximum absolute atomic E-state index is 12.7. The van der Waals surface area contributed by atoms with Crippen LogP contribution in [0.25, 0.3) is 0 Å². The monoisotopic (exact) mass is 372 g/mol. The molecule has 3 aliphatic heterocycles. The van der Waals surface area contributed by atoms with Crippen molar-refractivity contribution in [2.45, 2.75) is 37.8 Å². The largest absolute Gasteiger partial charge is 0.480 e. The van der Waals surface area contributed by atoms with Gasteiger partial charge in [-0.3, -0.25) is 19.3 Å². The number of hydrogen-bond donors (Lipinski definition) is 1. The second kappa shape index (κ2) is 6.77. The molecule has 4 rings (SSSR count). The lowest BCUT2D eigenvalue weighted by Gasteiger charge is -2.21. The van der Waals surface area contributed by atoms with Gasteiger partial charge >= 0.3 is 5.97 Å². The quantitative estimate of drug-likeness (QED) is 0.795. The van der Waals surface area contributed by atoms with Crippen LogP contribution in [-0.2, 0) is 9.53 Å². The van der Waals surface area contributed by atoms with Crippen molar-refractivity contribution in [3.05, 3.63) is 34.9 Å². The van der Waals surface area contributed by atoms with E-state index in [9.17, 15) is 24.3 Å². The van der Waals surface area contributed by atoms with Crippen LogP contribution in [0.1, 0.15) is 56.8 Å².